The van der Waals surface area contributed by atoms with Gasteiger partial charge in [-0.3, -0.25) is 0 Å². The highest BCUT2D eigenvalue weighted by Gasteiger charge is 2.39. The van der Waals surface area contributed by atoms with Crippen LogP contribution >= 0.6 is 31.9 Å². The molecule has 3 rings (SSSR count). The number of benzene rings is 1. The molecule has 2 unspecified atom stereocenters. The summed E-state index contributed by atoms with van der Waals surface area (Å²) in [5.74, 6) is 0. The third-order valence-electron chi connectivity index (χ3n) is 3.52. The van der Waals surface area contributed by atoms with E-state index in [2.05, 4.69) is 31.9 Å². The van der Waals surface area contributed by atoms with Gasteiger partial charge in [0, 0.05) is 22.0 Å². The fourth-order valence-corrected chi connectivity index (χ4v) is 5.81. The van der Waals surface area contributed by atoms with Gasteiger partial charge in [-0.1, -0.05) is 15.9 Å². The van der Waals surface area contributed by atoms with Crippen molar-refractivity contribution >= 4 is 41.9 Å². The molecule has 0 saturated carbocycles. The minimum atomic E-state index is -3.45. The maximum Gasteiger partial charge on any atom is 0.244 e. The number of morpholine rings is 1. The van der Waals surface area contributed by atoms with E-state index < -0.39 is 10.0 Å². The normalized spacial score (nSPS) is 27.7. The SMILES string of the molecule is O=S(=O)(c1ccc(Br)cc1Br)N1CC2CCC(C1)O2. The Kier molecular flexibility index (Phi) is 3.77. The van der Waals surface area contributed by atoms with Crippen LogP contribution in [0.25, 0.3) is 0 Å². The first-order chi connectivity index (χ1) is 8.96. The second-order valence-electron chi connectivity index (χ2n) is 4.85. The van der Waals surface area contributed by atoms with Gasteiger partial charge in [0.1, 0.15) is 0 Å². The van der Waals surface area contributed by atoms with Gasteiger partial charge in [0.25, 0.3) is 0 Å². The Labute approximate surface area is 129 Å². The molecule has 0 radical (unpaired) electrons. The van der Waals surface area contributed by atoms with Crippen LogP contribution in [0.4, 0.5) is 0 Å². The van der Waals surface area contributed by atoms with Crippen molar-refractivity contribution in [3.8, 4) is 0 Å². The highest BCUT2D eigenvalue weighted by atomic mass is 79.9. The molecule has 19 heavy (non-hydrogen) atoms. The molecule has 2 fully saturated rings. The number of nitrogens with zero attached hydrogens (tertiary/aromatic N) is 1. The third-order valence-corrected chi connectivity index (χ3v) is 6.82. The summed E-state index contributed by atoms with van der Waals surface area (Å²) in [4.78, 5) is 0.317. The van der Waals surface area contributed by atoms with E-state index in [0.29, 0.717) is 22.5 Å². The average molecular weight is 411 g/mol. The van der Waals surface area contributed by atoms with Gasteiger partial charge in [-0.05, 0) is 47.0 Å². The van der Waals surface area contributed by atoms with Crippen LogP contribution in [0.5, 0.6) is 0 Å². The molecule has 0 aliphatic carbocycles. The molecule has 2 heterocycles. The summed E-state index contributed by atoms with van der Waals surface area (Å²) in [7, 11) is -3.45. The van der Waals surface area contributed by atoms with Gasteiger partial charge in [0.15, 0.2) is 0 Å². The largest absolute Gasteiger partial charge is 0.372 e. The molecule has 1 aromatic carbocycles. The maximum absolute atomic E-state index is 12.7. The van der Waals surface area contributed by atoms with Crippen molar-refractivity contribution in [1.29, 1.82) is 0 Å². The Bertz CT molecular complexity index is 593. The highest BCUT2D eigenvalue weighted by Crippen LogP contribution is 2.33. The maximum atomic E-state index is 12.7. The Morgan fingerprint density at radius 3 is 2.37 bits per heavy atom. The average Bonchev–Trinajstić information content (AvgIpc) is 2.67. The predicted octanol–water partition coefficient (Wildman–Crippen LogP) is 2.76. The molecule has 2 saturated heterocycles. The van der Waals surface area contributed by atoms with Gasteiger partial charge in [-0.2, -0.15) is 4.31 Å². The van der Waals surface area contributed by atoms with E-state index in [-0.39, 0.29) is 12.2 Å². The van der Waals surface area contributed by atoms with Crippen molar-refractivity contribution < 1.29 is 13.2 Å². The van der Waals surface area contributed by atoms with E-state index in [1.54, 1.807) is 22.5 Å². The van der Waals surface area contributed by atoms with E-state index in [9.17, 15) is 8.42 Å². The number of ether oxygens (including phenoxy) is 1. The molecule has 4 nitrogen and oxygen atoms in total. The lowest BCUT2D eigenvalue weighted by Gasteiger charge is -2.31. The van der Waals surface area contributed by atoms with Crippen LogP contribution < -0.4 is 0 Å². The summed E-state index contributed by atoms with van der Waals surface area (Å²) in [6, 6.07) is 5.12. The van der Waals surface area contributed by atoms with Gasteiger partial charge in [-0.15, -0.1) is 0 Å². The van der Waals surface area contributed by atoms with E-state index in [1.165, 1.54) is 0 Å². The summed E-state index contributed by atoms with van der Waals surface area (Å²) in [6.45, 7) is 0.919. The van der Waals surface area contributed by atoms with Crippen molar-refractivity contribution in [3.05, 3.63) is 27.1 Å². The molecule has 2 bridgehead atoms. The van der Waals surface area contributed by atoms with Crippen LogP contribution in [-0.2, 0) is 14.8 Å². The smallest absolute Gasteiger partial charge is 0.244 e. The standard InChI is InChI=1S/C12H13Br2NO3S/c13-8-1-4-12(11(14)5-8)19(16,17)15-6-9-2-3-10(7-15)18-9/h1,4-5,9-10H,2-3,6-7H2. The second kappa shape index (κ2) is 5.11. The van der Waals surface area contributed by atoms with Gasteiger partial charge in [0.05, 0.1) is 17.1 Å². The molecule has 0 N–H and O–H groups in total. The zero-order chi connectivity index (χ0) is 13.6. The van der Waals surface area contributed by atoms with Crippen molar-refractivity contribution in [2.24, 2.45) is 0 Å². The van der Waals surface area contributed by atoms with Crippen LogP contribution in [0.15, 0.2) is 32.0 Å². The van der Waals surface area contributed by atoms with Crippen molar-refractivity contribution in [3.63, 3.8) is 0 Å². The molecule has 2 atom stereocenters. The second-order valence-corrected chi connectivity index (χ2v) is 8.53. The molecule has 7 heteroatoms. The number of fused-ring (bicyclic) bond motifs is 2. The first kappa shape index (κ1) is 14.0. The fraction of sp³-hybridized carbons (Fsp3) is 0.500. The Hall–Kier alpha value is 0.0500. The van der Waals surface area contributed by atoms with E-state index in [1.807, 2.05) is 0 Å². The molecular formula is C12H13Br2NO3S. The quantitative estimate of drug-likeness (QED) is 0.753. The Morgan fingerprint density at radius 1 is 1.16 bits per heavy atom. The van der Waals surface area contributed by atoms with Gasteiger partial charge >= 0.3 is 0 Å². The molecule has 1 aromatic rings. The van der Waals surface area contributed by atoms with Crippen LogP contribution in [0.3, 0.4) is 0 Å². The number of halogens is 2. The van der Waals surface area contributed by atoms with Crippen molar-refractivity contribution in [1.82, 2.24) is 4.31 Å². The number of sulfonamides is 1. The van der Waals surface area contributed by atoms with Gasteiger partial charge in [-0.25, -0.2) is 8.42 Å². The summed E-state index contributed by atoms with van der Waals surface area (Å²) >= 11 is 6.66. The minimum Gasteiger partial charge on any atom is -0.372 e. The fourth-order valence-electron chi connectivity index (χ4n) is 2.60. The lowest BCUT2D eigenvalue weighted by atomic mass is 10.2. The first-order valence-electron chi connectivity index (χ1n) is 6.07. The molecule has 2 aliphatic rings. The lowest BCUT2D eigenvalue weighted by Crippen LogP contribution is -2.45. The Balaban J connectivity index is 1.94. The monoisotopic (exact) mass is 409 g/mol. The zero-order valence-corrected chi connectivity index (χ0v) is 14.0. The highest BCUT2D eigenvalue weighted by molar-refractivity contribution is 9.11. The summed E-state index contributed by atoms with van der Waals surface area (Å²) in [5.41, 5.74) is 0. The van der Waals surface area contributed by atoms with Crippen LogP contribution in [0.2, 0.25) is 0 Å². The van der Waals surface area contributed by atoms with Crippen molar-refractivity contribution in [2.75, 3.05) is 13.1 Å². The number of hydrogen-bond acceptors (Lipinski definition) is 3. The molecule has 0 spiro atoms. The zero-order valence-electron chi connectivity index (χ0n) is 10.1. The molecular weight excluding hydrogens is 398 g/mol. The number of hydrogen-bond donors (Lipinski definition) is 0. The molecule has 104 valence electrons. The topological polar surface area (TPSA) is 46.6 Å². The summed E-state index contributed by atoms with van der Waals surface area (Å²) in [5, 5.41) is 0. The van der Waals surface area contributed by atoms with Gasteiger partial charge in [0.2, 0.25) is 10.0 Å². The minimum absolute atomic E-state index is 0.0581. The lowest BCUT2D eigenvalue weighted by molar-refractivity contribution is -0.0114. The van der Waals surface area contributed by atoms with Crippen LogP contribution in [-0.4, -0.2) is 38.0 Å². The van der Waals surface area contributed by atoms with Crippen molar-refractivity contribution in [2.45, 2.75) is 29.9 Å². The molecule has 2 aliphatic heterocycles. The summed E-state index contributed by atoms with van der Waals surface area (Å²) < 4.78 is 34.0. The molecule has 0 aromatic heterocycles. The molecule has 0 amide bonds. The van der Waals surface area contributed by atoms with E-state index >= 15 is 0 Å². The predicted molar refractivity (Wildman–Crippen MR) is 78.5 cm³/mol. The summed E-state index contributed by atoms with van der Waals surface area (Å²) in [6.07, 6.45) is 2.03. The third kappa shape index (κ3) is 2.63. The van der Waals surface area contributed by atoms with Crippen LogP contribution in [0, 0.1) is 0 Å². The first-order valence-corrected chi connectivity index (χ1v) is 9.10. The van der Waals surface area contributed by atoms with E-state index in [0.717, 1.165) is 17.3 Å². The van der Waals surface area contributed by atoms with E-state index in [4.69, 9.17) is 4.74 Å². The number of rotatable bonds is 2. The van der Waals surface area contributed by atoms with Crippen LogP contribution in [0.1, 0.15) is 12.8 Å². The Morgan fingerprint density at radius 2 is 1.79 bits per heavy atom. The van der Waals surface area contributed by atoms with Gasteiger partial charge < -0.3 is 4.74 Å².